The summed E-state index contributed by atoms with van der Waals surface area (Å²) in [5.41, 5.74) is 0.102. The van der Waals surface area contributed by atoms with Crippen molar-refractivity contribution >= 4 is 26.7 Å². The summed E-state index contributed by atoms with van der Waals surface area (Å²) < 4.78 is 8.14. The fourth-order valence-electron chi connectivity index (χ4n) is 2.60. The third-order valence-electron chi connectivity index (χ3n) is 3.74. The Labute approximate surface area is 120 Å². The van der Waals surface area contributed by atoms with Gasteiger partial charge in [-0.25, -0.2) is 0 Å². The third kappa shape index (κ3) is 2.74. The highest BCUT2D eigenvalue weighted by Gasteiger charge is 2.15. The van der Waals surface area contributed by atoms with Gasteiger partial charge in [0, 0.05) is 35.8 Å². The molecule has 2 heterocycles. The molecule has 0 spiro atoms. The van der Waals surface area contributed by atoms with E-state index in [1.54, 1.807) is 0 Å². The maximum absolute atomic E-state index is 12.5. The molecule has 0 amide bonds. The highest BCUT2D eigenvalue weighted by Crippen LogP contribution is 2.19. The average molecular weight is 322 g/mol. The second kappa shape index (κ2) is 5.47. The van der Waals surface area contributed by atoms with E-state index >= 15 is 0 Å². The SMILES string of the molecule is O=c1c2cc(Br)ccc2ccn1CC1CCOCC1. The molecule has 3 nitrogen and oxygen atoms in total. The highest BCUT2D eigenvalue weighted by atomic mass is 79.9. The number of benzene rings is 1. The van der Waals surface area contributed by atoms with Crippen LogP contribution in [0, 0.1) is 5.92 Å². The molecule has 0 atom stereocenters. The summed E-state index contributed by atoms with van der Waals surface area (Å²) in [6, 6.07) is 7.85. The molecule has 0 bridgehead atoms. The van der Waals surface area contributed by atoms with Gasteiger partial charge in [0.05, 0.1) is 0 Å². The van der Waals surface area contributed by atoms with Crippen LogP contribution in [0.2, 0.25) is 0 Å². The van der Waals surface area contributed by atoms with Gasteiger partial charge in [-0.15, -0.1) is 0 Å². The molecule has 0 saturated carbocycles. The molecule has 100 valence electrons. The highest BCUT2D eigenvalue weighted by molar-refractivity contribution is 9.10. The second-order valence-corrected chi connectivity index (χ2v) is 5.98. The van der Waals surface area contributed by atoms with E-state index < -0.39 is 0 Å². The molecular formula is C15H16BrNO2. The molecule has 0 radical (unpaired) electrons. The number of pyridine rings is 1. The summed E-state index contributed by atoms with van der Waals surface area (Å²) >= 11 is 3.42. The Bertz CT molecular complexity index is 644. The van der Waals surface area contributed by atoms with Crippen molar-refractivity contribution in [3.05, 3.63) is 45.3 Å². The molecule has 1 saturated heterocycles. The molecule has 2 aromatic rings. The van der Waals surface area contributed by atoms with Crippen molar-refractivity contribution in [2.75, 3.05) is 13.2 Å². The normalized spacial score (nSPS) is 16.9. The zero-order valence-corrected chi connectivity index (χ0v) is 12.2. The maximum atomic E-state index is 12.5. The van der Waals surface area contributed by atoms with Crippen LogP contribution in [0.25, 0.3) is 10.8 Å². The first kappa shape index (κ1) is 12.9. The van der Waals surface area contributed by atoms with Crippen molar-refractivity contribution in [1.82, 2.24) is 4.57 Å². The van der Waals surface area contributed by atoms with E-state index in [1.165, 1.54) is 0 Å². The lowest BCUT2D eigenvalue weighted by Crippen LogP contribution is -2.27. The van der Waals surface area contributed by atoms with Gasteiger partial charge in [-0.2, -0.15) is 0 Å². The van der Waals surface area contributed by atoms with E-state index in [0.29, 0.717) is 5.92 Å². The first-order valence-electron chi connectivity index (χ1n) is 6.60. The summed E-state index contributed by atoms with van der Waals surface area (Å²) in [6.45, 7) is 2.43. The van der Waals surface area contributed by atoms with Crippen molar-refractivity contribution < 1.29 is 4.74 Å². The zero-order valence-electron chi connectivity index (χ0n) is 10.6. The van der Waals surface area contributed by atoms with Crippen LogP contribution in [-0.2, 0) is 11.3 Å². The molecule has 1 aromatic heterocycles. The van der Waals surface area contributed by atoms with Crippen LogP contribution in [-0.4, -0.2) is 17.8 Å². The quantitative estimate of drug-likeness (QED) is 0.850. The van der Waals surface area contributed by atoms with Gasteiger partial charge in [0.2, 0.25) is 0 Å². The number of fused-ring (bicyclic) bond motifs is 1. The predicted octanol–water partition coefficient (Wildman–Crippen LogP) is 3.19. The minimum absolute atomic E-state index is 0.102. The van der Waals surface area contributed by atoms with E-state index in [1.807, 2.05) is 35.0 Å². The number of halogens is 1. The molecule has 0 N–H and O–H groups in total. The largest absolute Gasteiger partial charge is 0.381 e. The maximum Gasteiger partial charge on any atom is 0.258 e. The van der Waals surface area contributed by atoms with Crippen LogP contribution in [0.5, 0.6) is 0 Å². The van der Waals surface area contributed by atoms with Crippen LogP contribution in [0.3, 0.4) is 0 Å². The molecule has 0 aliphatic carbocycles. The van der Waals surface area contributed by atoms with Crippen molar-refractivity contribution in [2.24, 2.45) is 5.92 Å². The second-order valence-electron chi connectivity index (χ2n) is 5.06. The third-order valence-corrected chi connectivity index (χ3v) is 4.23. The summed E-state index contributed by atoms with van der Waals surface area (Å²) in [5, 5.41) is 1.78. The first-order chi connectivity index (χ1) is 9.24. The molecular weight excluding hydrogens is 306 g/mol. The lowest BCUT2D eigenvalue weighted by atomic mass is 10.0. The molecule has 1 fully saturated rings. The molecule has 3 rings (SSSR count). The number of nitrogens with zero attached hydrogens (tertiary/aromatic N) is 1. The lowest BCUT2D eigenvalue weighted by molar-refractivity contribution is 0.0610. The molecule has 0 unspecified atom stereocenters. The Morgan fingerprint density at radius 2 is 2.05 bits per heavy atom. The molecule has 1 aromatic carbocycles. The van der Waals surface area contributed by atoms with E-state index in [4.69, 9.17) is 4.74 Å². The van der Waals surface area contributed by atoms with Crippen LogP contribution in [0.4, 0.5) is 0 Å². The van der Waals surface area contributed by atoms with E-state index in [0.717, 1.165) is 47.8 Å². The van der Waals surface area contributed by atoms with Crippen molar-refractivity contribution in [3.8, 4) is 0 Å². The fraction of sp³-hybridized carbons (Fsp3) is 0.400. The Kier molecular flexibility index (Phi) is 3.71. The van der Waals surface area contributed by atoms with E-state index in [2.05, 4.69) is 15.9 Å². The Morgan fingerprint density at radius 3 is 2.84 bits per heavy atom. The predicted molar refractivity (Wildman–Crippen MR) is 79.5 cm³/mol. The van der Waals surface area contributed by atoms with E-state index in [-0.39, 0.29) is 5.56 Å². The Morgan fingerprint density at radius 1 is 1.26 bits per heavy atom. The van der Waals surface area contributed by atoms with Crippen molar-refractivity contribution in [1.29, 1.82) is 0 Å². The average Bonchev–Trinajstić information content (AvgIpc) is 2.44. The van der Waals surface area contributed by atoms with Crippen molar-refractivity contribution in [2.45, 2.75) is 19.4 Å². The van der Waals surface area contributed by atoms with Crippen LogP contribution >= 0.6 is 15.9 Å². The minimum Gasteiger partial charge on any atom is -0.381 e. The number of hydrogen-bond acceptors (Lipinski definition) is 2. The van der Waals surface area contributed by atoms with Gasteiger partial charge in [-0.3, -0.25) is 4.79 Å². The standard InChI is InChI=1S/C15H16BrNO2/c16-13-2-1-12-3-6-17(15(18)14(12)9-13)10-11-4-7-19-8-5-11/h1-3,6,9,11H,4-5,7-8,10H2. The van der Waals surface area contributed by atoms with Gasteiger partial charge >= 0.3 is 0 Å². The number of ether oxygens (including phenoxy) is 1. The monoisotopic (exact) mass is 321 g/mol. The van der Waals surface area contributed by atoms with Crippen LogP contribution < -0.4 is 5.56 Å². The zero-order chi connectivity index (χ0) is 13.2. The van der Waals surface area contributed by atoms with Gasteiger partial charge < -0.3 is 9.30 Å². The summed E-state index contributed by atoms with van der Waals surface area (Å²) in [6.07, 6.45) is 4.00. The van der Waals surface area contributed by atoms with E-state index in [9.17, 15) is 4.79 Å². The first-order valence-corrected chi connectivity index (χ1v) is 7.40. The van der Waals surface area contributed by atoms with Crippen LogP contribution in [0.15, 0.2) is 39.7 Å². The summed E-state index contributed by atoms with van der Waals surface area (Å²) in [4.78, 5) is 12.5. The number of aromatic nitrogens is 1. The number of rotatable bonds is 2. The van der Waals surface area contributed by atoms with Gasteiger partial charge in [0.15, 0.2) is 0 Å². The molecule has 4 heteroatoms. The molecule has 1 aliphatic rings. The van der Waals surface area contributed by atoms with Gasteiger partial charge in [-0.1, -0.05) is 22.0 Å². The molecule has 1 aliphatic heterocycles. The smallest absolute Gasteiger partial charge is 0.258 e. The topological polar surface area (TPSA) is 31.2 Å². The Hall–Kier alpha value is -1.13. The summed E-state index contributed by atoms with van der Waals surface area (Å²) in [5.74, 6) is 0.552. The summed E-state index contributed by atoms with van der Waals surface area (Å²) in [7, 11) is 0. The lowest BCUT2D eigenvalue weighted by Gasteiger charge is -2.22. The van der Waals surface area contributed by atoms with Gasteiger partial charge in [-0.05, 0) is 42.3 Å². The van der Waals surface area contributed by atoms with Gasteiger partial charge in [0.1, 0.15) is 0 Å². The van der Waals surface area contributed by atoms with Crippen LogP contribution in [0.1, 0.15) is 12.8 Å². The number of hydrogen-bond donors (Lipinski definition) is 0. The Balaban J connectivity index is 1.95. The van der Waals surface area contributed by atoms with Crippen molar-refractivity contribution in [3.63, 3.8) is 0 Å². The molecule has 19 heavy (non-hydrogen) atoms. The minimum atomic E-state index is 0.102. The fourth-order valence-corrected chi connectivity index (χ4v) is 2.96. The van der Waals surface area contributed by atoms with Gasteiger partial charge in [0.25, 0.3) is 5.56 Å².